The van der Waals surface area contributed by atoms with Crippen molar-refractivity contribution in [2.45, 2.75) is 17.1 Å². The number of nitrogens with zero attached hydrogens (tertiary/aromatic N) is 1. The van der Waals surface area contributed by atoms with Crippen LogP contribution in [0, 0.1) is 18.3 Å². The number of hydrogen-bond acceptors (Lipinski definition) is 3. The summed E-state index contributed by atoms with van der Waals surface area (Å²) in [5.41, 5.74) is 1.91. The van der Waals surface area contributed by atoms with Crippen molar-refractivity contribution in [2.75, 3.05) is 13.2 Å². The quantitative estimate of drug-likeness (QED) is 0.743. The van der Waals surface area contributed by atoms with Crippen molar-refractivity contribution in [1.29, 1.82) is 5.26 Å². The summed E-state index contributed by atoms with van der Waals surface area (Å²) in [6, 6.07) is 7.97. The van der Waals surface area contributed by atoms with Gasteiger partial charge in [0.2, 0.25) is 0 Å². The SMILES string of the molecule is Cc1cc(C#N)ccc1SC1COC1. The number of benzene rings is 1. The minimum absolute atomic E-state index is 0.599. The second kappa shape index (κ2) is 4.04. The Bertz CT molecular complexity index is 379. The molecule has 1 aromatic rings. The number of thioether (sulfide) groups is 1. The molecule has 3 heteroatoms. The maximum absolute atomic E-state index is 8.72. The number of ether oxygens (including phenoxy) is 1. The monoisotopic (exact) mass is 205 g/mol. The average Bonchev–Trinajstić information content (AvgIpc) is 2.13. The Kier molecular flexibility index (Phi) is 2.76. The number of aryl methyl sites for hydroxylation is 1. The van der Waals surface area contributed by atoms with Crippen molar-refractivity contribution >= 4 is 11.8 Å². The Morgan fingerprint density at radius 3 is 2.79 bits per heavy atom. The first-order chi connectivity index (χ1) is 6.79. The lowest BCUT2D eigenvalue weighted by Crippen LogP contribution is -2.30. The lowest BCUT2D eigenvalue weighted by Gasteiger charge is -2.25. The molecule has 2 nitrogen and oxygen atoms in total. The van der Waals surface area contributed by atoms with Gasteiger partial charge in [-0.25, -0.2) is 0 Å². The molecule has 1 heterocycles. The summed E-state index contributed by atoms with van der Waals surface area (Å²) in [4.78, 5) is 1.26. The predicted molar refractivity (Wildman–Crippen MR) is 56.4 cm³/mol. The Morgan fingerprint density at radius 1 is 1.50 bits per heavy atom. The van der Waals surface area contributed by atoms with Crippen LogP contribution in [0.25, 0.3) is 0 Å². The summed E-state index contributed by atoms with van der Waals surface area (Å²) < 4.78 is 5.12. The lowest BCUT2D eigenvalue weighted by atomic mass is 10.2. The van der Waals surface area contributed by atoms with E-state index in [0.29, 0.717) is 5.25 Å². The van der Waals surface area contributed by atoms with Gasteiger partial charge in [0, 0.05) is 4.90 Å². The van der Waals surface area contributed by atoms with E-state index in [1.165, 1.54) is 10.5 Å². The number of nitriles is 1. The third-order valence-corrected chi connectivity index (χ3v) is 3.52. The van der Waals surface area contributed by atoms with E-state index in [4.69, 9.17) is 10.00 Å². The average molecular weight is 205 g/mol. The highest BCUT2D eigenvalue weighted by Gasteiger charge is 2.20. The first-order valence-electron chi connectivity index (χ1n) is 4.55. The molecule has 0 amide bonds. The van der Waals surface area contributed by atoms with Gasteiger partial charge in [0.1, 0.15) is 0 Å². The van der Waals surface area contributed by atoms with Crippen molar-refractivity contribution in [1.82, 2.24) is 0 Å². The van der Waals surface area contributed by atoms with E-state index >= 15 is 0 Å². The molecule has 0 saturated carbocycles. The second-order valence-corrected chi connectivity index (χ2v) is 4.71. The Balaban J connectivity index is 2.14. The van der Waals surface area contributed by atoms with Crippen LogP contribution in [-0.2, 0) is 4.74 Å². The van der Waals surface area contributed by atoms with E-state index < -0.39 is 0 Å². The van der Waals surface area contributed by atoms with Gasteiger partial charge in [-0.2, -0.15) is 5.26 Å². The fraction of sp³-hybridized carbons (Fsp3) is 0.364. The van der Waals surface area contributed by atoms with E-state index in [9.17, 15) is 0 Å². The van der Waals surface area contributed by atoms with Gasteiger partial charge in [0.15, 0.2) is 0 Å². The van der Waals surface area contributed by atoms with Crippen LogP contribution in [0.1, 0.15) is 11.1 Å². The fourth-order valence-corrected chi connectivity index (χ4v) is 2.39. The second-order valence-electron chi connectivity index (χ2n) is 3.37. The summed E-state index contributed by atoms with van der Waals surface area (Å²) in [5, 5.41) is 9.31. The molecule has 0 aromatic heterocycles. The Hall–Kier alpha value is -0.980. The highest BCUT2D eigenvalue weighted by atomic mass is 32.2. The van der Waals surface area contributed by atoms with E-state index in [2.05, 4.69) is 6.07 Å². The molecule has 1 aromatic carbocycles. The van der Waals surface area contributed by atoms with Gasteiger partial charge in [0.05, 0.1) is 30.1 Å². The minimum Gasteiger partial charge on any atom is -0.379 e. The normalized spacial score (nSPS) is 16.0. The van der Waals surface area contributed by atoms with Gasteiger partial charge in [-0.15, -0.1) is 11.8 Å². The number of rotatable bonds is 2. The third kappa shape index (κ3) is 1.92. The zero-order valence-electron chi connectivity index (χ0n) is 7.99. The molecule has 1 aliphatic heterocycles. The largest absolute Gasteiger partial charge is 0.379 e. The smallest absolute Gasteiger partial charge is 0.0991 e. The molecule has 1 saturated heterocycles. The first kappa shape index (κ1) is 9.57. The zero-order valence-corrected chi connectivity index (χ0v) is 8.80. The van der Waals surface area contributed by atoms with Crippen LogP contribution in [0.4, 0.5) is 0 Å². The molecule has 1 aliphatic rings. The molecule has 0 atom stereocenters. The van der Waals surface area contributed by atoms with Crippen LogP contribution >= 0.6 is 11.8 Å². The van der Waals surface area contributed by atoms with Crippen LogP contribution in [-0.4, -0.2) is 18.5 Å². The van der Waals surface area contributed by atoms with Gasteiger partial charge in [0.25, 0.3) is 0 Å². The van der Waals surface area contributed by atoms with Crippen molar-refractivity contribution in [3.05, 3.63) is 29.3 Å². The van der Waals surface area contributed by atoms with Crippen LogP contribution in [0.15, 0.2) is 23.1 Å². The van der Waals surface area contributed by atoms with E-state index in [1.54, 1.807) is 0 Å². The molecular weight excluding hydrogens is 194 g/mol. The molecule has 14 heavy (non-hydrogen) atoms. The molecule has 0 radical (unpaired) electrons. The van der Waals surface area contributed by atoms with Crippen LogP contribution in [0.3, 0.4) is 0 Å². The van der Waals surface area contributed by atoms with Gasteiger partial charge < -0.3 is 4.74 Å². The van der Waals surface area contributed by atoms with Gasteiger partial charge in [-0.05, 0) is 30.7 Å². The fourth-order valence-electron chi connectivity index (χ4n) is 1.31. The molecule has 0 spiro atoms. The van der Waals surface area contributed by atoms with Crippen LogP contribution in [0.2, 0.25) is 0 Å². The summed E-state index contributed by atoms with van der Waals surface area (Å²) in [5.74, 6) is 0. The summed E-state index contributed by atoms with van der Waals surface area (Å²) in [6.45, 7) is 3.75. The Morgan fingerprint density at radius 2 is 2.29 bits per heavy atom. The highest BCUT2D eigenvalue weighted by Crippen LogP contribution is 2.30. The lowest BCUT2D eigenvalue weighted by molar-refractivity contribution is 0.0455. The topological polar surface area (TPSA) is 33.0 Å². The van der Waals surface area contributed by atoms with E-state index in [0.717, 1.165) is 18.8 Å². The van der Waals surface area contributed by atoms with Crippen molar-refractivity contribution in [2.24, 2.45) is 0 Å². The summed E-state index contributed by atoms with van der Waals surface area (Å²) in [7, 11) is 0. The zero-order chi connectivity index (χ0) is 9.97. The van der Waals surface area contributed by atoms with E-state index in [-0.39, 0.29) is 0 Å². The van der Waals surface area contributed by atoms with Crippen molar-refractivity contribution < 1.29 is 4.74 Å². The molecular formula is C11H11NOS. The minimum atomic E-state index is 0.599. The molecule has 2 rings (SSSR count). The van der Waals surface area contributed by atoms with Gasteiger partial charge >= 0.3 is 0 Å². The standard InChI is InChI=1S/C11H11NOS/c1-8-4-9(5-12)2-3-11(8)14-10-6-13-7-10/h2-4,10H,6-7H2,1H3. The van der Waals surface area contributed by atoms with Crippen molar-refractivity contribution in [3.8, 4) is 6.07 Å². The highest BCUT2D eigenvalue weighted by molar-refractivity contribution is 8.00. The third-order valence-electron chi connectivity index (χ3n) is 2.21. The summed E-state index contributed by atoms with van der Waals surface area (Å²) in [6.07, 6.45) is 0. The number of hydrogen-bond donors (Lipinski definition) is 0. The summed E-state index contributed by atoms with van der Waals surface area (Å²) >= 11 is 1.84. The molecule has 0 aliphatic carbocycles. The van der Waals surface area contributed by atoms with Crippen LogP contribution in [0.5, 0.6) is 0 Å². The Labute approximate surface area is 87.9 Å². The van der Waals surface area contributed by atoms with Gasteiger partial charge in [-0.3, -0.25) is 0 Å². The van der Waals surface area contributed by atoms with E-state index in [1.807, 2.05) is 36.9 Å². The molecule has 0 unspecified atom stereocenters. The predicted octanol–water partition coefficient (Wildman–Crippen LogP) is 2.36. The molecule has 0 bridgehead atoms. The van der Waals surface area contributed by atoms with Crippen molar-refractivity contribution in [3.63, 3.8) is 0 Å². The van der Waals surface area contributed by atoms with Crippen LogP contribution < -0.4 is 0 Å². The first-order valence-corrected chi connectivity index (χ1v) is 5.42. The molecule has 1 fully saturated rings. The maximum Gasteiger partial charge on any atom is 0.0991 e. The maximum atomic E-state index is 8.72. The molecule has 0 N–H and O–H groups in total. The van der Waals surface area contributed by atoms with Gasteiger partial charge in [-0.1, -0.05) is 0 Å². The molecule has 72 valence electrons.